The Morgan fingerprint density at radius 2 is 1.75 bits per heavy atom. The van der Waals surface area contributed by atoms with Gasteiger partial charge in [0.2, 0.25) is 0 Å². The molecule has 88 valence electrons. The molecule has 2 nitrogen and oxygen atoms in total. The van der Waals surface area contributed by atoms with Gasteiger partial charge in [0.05, 0.1) is 16.9 Å². The number of anilines is 2. The van der Waals surface area contributed by atoms with Crippen molar-refractivity contribution in [2.45, 2.75) is 33.2 Å². The van der Waals surface area contributed by atoms with Crippen LogP contribution < -0.4 is 10.2 Å². The topological polar surface area (TPSA) is 15.3 Å². The Morgan fingerprint density at radius 3 is 2.38 bits per heavy atom. The van der Waals surface area contributed by atoms with Crippen LogP contribution in [0.3, 0.4) is 0 Å². The third-order valence-electron chi connectivity index (χ3n) is 2.91. The lowest BCUT2D eigenvalue weighted by Gasteiger charge is -2.43. The molecular formula is C13H20N2S. The van der Waals surface area contributed by atoms with Crippen LogP contribution in [0.25, 0.3) is 0 Å². The van der Waals surface area contributed by atoms with Gasteiger partial charge in [-0.05, 0) is 26.0 Å². The molecule has 1 N–H and O–H groups in total. The van der Waals surface area contributed by atoms with E-state index in [1.165, 1.54) is 5.69 Å². The number of para-hydroxylation sites is 2. The van der Waals surface area contributed by atoms with Gasteiger partial charge in [-0.3, -0.25) is 0 Å². The van der Waals surface area contributed by atoms with Crippen LogP contribution in [0, 0.1) is 0 Å². The average Bonchev–Trinajstić information content (AvgIpc) is 2.30. The smallest absolute Gasteiger partial charge is 0.105 e. The predicted octanol–water partition coefficient (Wildman–Crippen LogP) is 3.68. The number of hydrogen-bond acceptors (Lipinski definition) is 2. The van der Waals surface area contributed by atoms with Gasteiger partial charge in [-0.1, -0.05) is 38.2 Å². The lowest BCUT2D eigenvalue weighted by Crippen LogP contribution is -2.53. The summed E-state index contributed by atoms with van der Waals surface area (Å²) in [6.07, 6.45) is 0. The highest BCUT2D eigenvalue weighted by Crippen LogP contribution is 2.35. The molecule has 16 heavy (non-hydrogen) atoms. The van der Waals surface area contributed by atoms with Crippen molar-refractivity contribution in [2.24, 2.45) is 0 Å². The first kappa shape index (κ1) is 13.0. The second-order valence-corrected chi connectivity index (χ2v) is 4.50. The minimum absolute atomic E-state index is 0.107. The first-order valence-corrected chi connectivity index (χ1v) is 6.08. The zero-order valence-electron chi connectivity index (χ0n) is 10.7. The molecule has 1 heterocycles. The highest BCUT2D eigenvalue weighted by Gasteiger charge is 2.34. The molecule has 1 aliphatic heterocycles. The molecule has 0 aliphatic carbocycles. The van der Waals surface area contributed by atoms with Gasteiger partial charge in [0, 0.05) is 7.05 Å². The maximum atomic E-state index is 5.34. The quantitative estimate of drug-likeness (QED) is 0.692. The van der Waals surface area contributed by atoms with E-state index in [-0.39, 0.29) is 5.54 Å². The first-order valence-electron chi connectivity index (χ1n) is 5.68. The number of thiocarbonyl (C=S) groups is 1. The molecule has 0 saturated carbocycles. The Bertz CT molecular complexity index is 385. The Morgan fingerprint density at radius 1 is 1.19 bits per heavy atom. The molecule has 1 aromatic carbocycles. The number of likely N-dealkylation sites (N-methyl/N-ethyl adjacent to an activating group) is 1. The summed E-state index contributed by atoms with van der Waals surface area (Å²) in [6.45, 7) is 8.25. The lowest BCUT2D eigenvalue weighted by molar-refractivity contribution is 0.642. The fourth-order valence-electron chi connectivity index (χ4n) is 1.60. The second-order valence-electron chi connectivity index (χ2n) is 4.09. The summed E-state index contributed by atoms with van der Waals surface area (Å²) in [6, 6.07) is 8.21. The molecule has 0 atom stereocenters. The normalized spacial score (nSPS) is 16.8. The maximum Gasteiger partial charge on any atom is 0.105 e. The summed E-state index contributed by atoms with van der Waals surface area (Å²) in [5, 5.41) is 3.27. The van der Waals surface area contributed by atoms with Crippen LogP contribution in [0.4, 0.5) is 11.4 Å². The third-order valence-corrected chi connectivity index (χ3v) is 3.51. The molecule has 0 aromatic heterocycles. The van der Waals surface area contributed by atoms with Gasteiger partial charge in [-0.15, -0.1) is 0 Å². The molecule has 1 aliphatic rings. The van der Waals surface area contributed by atoms with E-state index < -0.39 is 0 Å². The van der Waals surface area contributed by atoms with E-state index in [2.05, 4.69) is 37.2 Å². The fraction of sp³-hybridized carbons (Fsp3) is 0.462. The van der Waals surface area contributed by atoms with E-state index in [1.807, 2.05) is 32.0 Å². The van der Waals surface area contributed by atoms with Crippen LogP contribution in [0.15, 0.2) is 24.3 Å². The van der Waals surface area contributed by atoms with Crippen LogP contribution in [0.2, 0.25) is 0 Å². The minimum atomic E-state index is -0.107. The molecule has 0 fully saturated rings. The molecule has 1 aromatic rings. The van der Waals surface area contributed by atoms with Gasteiger partial charge in [0.15, 0.2) is 0 Å². The van der Waals surface area contributed by atoms with Gasteiger partial charge in [0.25, 0.3) is 0 Å². The molecule has 0 radical (unpaired) electrons. The van der Waals surface area contributed by atoms with Crippen LogP contribution in [-0.4, -0.2) is 17.6 Å². The predicted molar refractivity (Wildman–Crippen MR) is 76.5 cm³/mol. The zero-order valence-corrected chi connectivity index (χ0v) is 11.5. The molecule has 0 saturated heterocycles. The molecular weight excluding hydrogens is 216 g/mol. The standard InChI is InChI=1S/C11H14N2S.C2H6/c1-11(2)10(14)12-8-6-4-5-7-9(8)13(11)3;1-2/h4-7H,1-3H3,(H,12,14);1-2H3. The van der Waals surface area contributed by atoms with Gasteiger partial charge >= 0.3 is 0 Å². The van der Waals surface area contributed by atoms with Gasteiger partial charge in [-0.25, -0.2) is 0 Å². The summed E-state index contributed by atoms with van der Waals surface area (Å²) in [7, 11) is 2.08. The van der Waals surface area contributed by atoms with Crippen molar-refractivity contribution >= 4 is 28.6 Å². The Balaban J connectivity index is 0.000000606. The highest BCUT2D eigenvalue weighted by atomic mass is 32.1. The number of fused-ring (bicyclic) bond motifs is 1. The number of nitrogens with one attached hydrogen (secondary N) is 1. The summed E-state index contributed by atoms with van der Waals surface area (Å²) in [4.78, 5) is 3.08. The number of hydrogen-bond donors (Lipinski definition) is 1. The van der Waals surface area contributed by atoms with Gasteiger partial charge < -0.3 is 10.2 Å². The van der Waals surface area contributed by atoms with Crippen LogP contribution in [-0.2, 0) is 0 Å². The summed E-state index contributed by atoms with van der Waals surface area (Å²) in [5.41, 5.74) is 2.19. The van der Waals surface area contributed by atoms with Crippen LogP contribution >= 0.6 is 12.2 Å². The summed E-state index contributed by atoms with van der Waals surface area (Å²) < 4.78 is 0. The Kier molecular flexibility index (Phi) is 3.92. The zero-order chi connectivity index (χ0) is 12.3. The van der Waals surface area contributed by atoms with Crippen LogP contribution in [0.1, 0.15) is 27.7 Å². The Hall–Kier alpha value is -1.09. The van der Waals surface area contributed by atoms with Crippen molar-refractivity contribution in [3.05, 3.63) is 24.3 Å². The third kappa shape index (κ3) is 2.05. The largest absolute Gasteiger partial charge is 0.361 e. The van der Waals surface area contributed by atoms with E-state index in [0.29, 0.717) is 0 Å². The molecule has 0 spiro atoms. The number of rotatable bonds is 0. The van der Waals surface area contributed by atoms with Crippen molar-refractivity contribution in [1.29, 1.82) is 0 Å². The minimum Gasteiger partial charge on any atom is -0.361 e. The number of nitrogens with zero attached hydrogens (tertiary/aromatic N) is 1. The summed E-state index contributed by atoms with van der Waals surface area (Å²) >= 11 is 5.34. The van der Waals surface area contributed by atoms with E-state index in [4.69, 9.17) is 12.2 Å². The van der Waals surface area contributed by atoms with Crippen LogP contribution in [0.5, 0.6) is 0 Å². The number of benzene rings is 1. The monoisotopic (exact) mass is 236 g/mol. The van der Waals surface area contributed by atoms with E-state index >= 15 is 0 Å². The van der Waals surface area contributed by atoms with Crippen molar-refractivity contribution < 1.29 is 0 Å². The van der Waals surface area contributed by atoms with E-state index in [9.17, 15) is 0 Å². The SMILES string of the molecule is CC.CN1c2ccccc2NC(=S)C1(C)C. The second kappa shape index (κ2) is 4.83. The van der Waals surface area contributed by atoms with Crippen molar-refractivity contribution in [3.63, 3.8) is 0 Å². The van der Waals surface area contributed by atoms with E-state index in [0.717, 1.165) is 10.7 Å². The molecule has 0 bridgehead atoms. The fourth-order valence-corrected chi connectivity index (χ4v) is 1.85. The molecule has 0 amide bonds. The maximum absolute atomic E-state index is 5.34. The van der Waals surface area contributed by atoms with E-state index in [1.54, 1.807) is 0 Å². The van der Waals surface area contributed by atoms with Crippen molar-refractivity contribution in [2.75, 3.05) is 17.3 Å². The van der Waals surface area contributed by atoms with Crippen molar-refractivity contribution in [1.82, 2.24) is 0 Å². The Labute approximate surface area is 104 Å². The highest BCUT2D eigenvalue weighted by molar-refractivity contribution is 7.80. The first-order chi connectivity index (χ1) is 7.53. The molecule has 2 rings (SSSR count). The van der Waals surface area contributed by atoms with Crippen molar-refractivity contribution in [3.8, 4) is 0 Å². The molecule has 3 heteroatoms. The van der Waals surface area contributed by atoms with Gasteiger partial charge in [0.1, 0.15) is 4.99 Å². The van der Waals surface area contributed by atoms with Gasteiger partial charge in [-0.2, -0.15) is 0 Å². The molecule has 0 unspecified atom stereocenters. The lowest BCUT2D eigenvalue weighted by atomic mass is 9.98. The summed E-state index contributed by atoms with van der Waals surface area (Å²) in [5.74, 6) is 0. The average molecular weight is 236 g/mol.